The number of carbonyl (C=O) groups excluding carboxylic acids is 1. The van der Waals surface area contributed by atoms with E-state index in [4.69, 9.17) is 9.84 Å². The first-order valence-corrected chi connectivity index (χ1v) is 7.01. The molecule has 1 aliphatic rings. The van der Waals surface area contributed by atoms with Gasteiger partial charge in [-0.1, -0.05) is 0 Å². The highest BCUT2D eigenvalue weighted by atomic mass is 32.2. The van der Waals surface area contributed by atoms with Crippen LogP contribution < -0.4 is 5.32 Å². The lowest BCUT2D eigenvalue weighted by Crippen LogP contribution is -2.39. The molecule has 0 spiro atoms. The average Bonchev–Trinajstić information content (AvgIpc) is 2.39. The Morgan fingerprint density at radius 1 is 1.33 bits per heavy atom. The Bertz CT molecular complexity index is 388. The summed E-state index contributed by atoms with van der Waals surface area (Å²) in [4.78, 5) is 12.7. The molecular formula is C13H17NO3S. The minimum atomic E-state index is 0.0555. The lowest BCUT2D eigenvalue weighted by Gasteiger charge is -2.22. The van der Waals surface area contributed by atoms with E-state index in [2.05, 4.69) is 5.32 Å². The summed E-state index contributed by atoms with van der Waals surface area (Å²) in [6.07, 6.45) is 1.80. The second-order valence-corrected chi connectivity index (χ2v) is 5.29. The van der Waals surface area contributed by atoms with Crippen LogP contribution in [-0.2, 0) is 9.53 Å². The first-order chi connectivity index (χ1) is 8.74. The molecule has 0 atom stereocenters. The van der Waals surface area contributed by atoms with Crippen molar-refractivity contribution in [2.24, 2.45) is 0 Å². The van der Waals surface area contributed by atoms with Gasteiger partial charge in [0.1, 0.15) is 5.75 Å². The maximum absolute atomic E-state index is 11.7. The highest BCUT2D eigenvalue weighted by molar-refractivity contribution is 8.00. The number of phenolic OH excluding ortho intramolecular Hbond substituents is 1. The van der Waals surface area contributed by atoms with Crippen molar-refractivity contribution in [3.05, 3.63) is 24.3 Å². The molecule has 2 N–H and O–H groups in total. The number of aromatic hydroxyl groups is 1. The van der Waals surface area contributed by atoms with Crippen LogP contribution in [0.5, 0.6) is 5.75 Å². The largest absolute Gasteiger partial charge is 0.508 e. The molecule has 1 aromatic carbocycles. The van der Waals surface area contributed by atoms with Crippen molar-refractivity contribution in [2.45, 2.75) is 23.8 Å². The third kappa shape index (κ3) is 4.23. The van der Waals surface area contributed by atoms with Gasteiger partial charge in [0.15, 0.2) is 0 Å². The van der Waals surface area contributed by atoms with Gasteiger partial charge >= 0.3 is 0 Å². The number of carbonyl (C=O) groups is 1. The average molecular weight is 267 g/mol. The molecule has 0 unspecified atom stereocenters. The van der Waals surface area contributed by atoms with Crippen LogP contribution in [0.3, 0.4) is 0 Å². The lowest BCUT2D eigenvalue weighted by atomic mass is 10.1. The number of thioether (sulfide) groups is 1. The van der Waals surface area contributed by atoms with Crippen molar-refractivity contribution in [1.82, 2.24) is 5.32 Å². The van der Waals surface area contributed by atoms with Crippen LogP contribution in [0.25, 0.3) is 0 Å². The number of nitrogens with one attached hydrogen (secondary N) is 1. The molecule has 4 nitrogen and oxygen atoms in total. The molecule has 5 heteroatoms. The Labute approximate surface area is 111 Å². The third-order valence-electron chi connectivity index (χ3n) is 2.79. The molecule has 98 valence electrons. The summed E-state index contributed by atoms with van der Waals surface area (Å²) >= 11 is 1.47. The van der Waals surface area contributed by atoms with E-state index in [1.165, 1.54) is 11.8 Å². The van der Waals surface area contributed by atoms with E-state index in [9.17, 15) is 4.79 Å². The molecule has 0 aliphatic carbocycles. The van der Waals surface area contributed by atoms with E-state index in [0.717, 1.165) is 31.0 Å². The van der Waals surface area contributed by atoms with Crippen LogP contribution in [0.4, 0.5) is 0 Å². The van der Waals surface area contributed by atoms with E-state index < -0.39 is 0 Å². The molecule has 1 aromatic rings. The number of phenols is 1. The van der Waals surface area contributed by atoms with Gasteiger partial charge in [-0.05, 0) is 37.1 Å². The zero-order valence-electron chi connectivity index (χ0n) is 10.1. The quantitative estimate of drug-likeness (QED) is 0.816. The molecule has 0 saturated carbocycles. The van der Waals surface area contributed by atoms with Crippen LogP contribution in [0, 0.1) is 0 Å². The summed E-state index contributed by atoms with van der Waals surface area (Å²) < 4.78 is 5.24. The molecule has 0 bridgehead atoms. The third-order valence-corrected chi connectivity index (χ3v) is 3.81. The van der Waals surface area contributed by atoms with E-state index in [1.54, 1.807) is 12.1 Å². The van der Waals surface area contributed by atoms with E-state index in [-0.39, 0.29) is 17.7 Å². The summed E-state index contributed by atoms with van der Waals surface area (Å²) in [6.45, 7) is 1.46. The molecule has 1 aliphatic heterocycles. The normalized spacial score (nSPS) is 16.4. The standard InChI is InChI=1S/C13H17NO3S/c15-11-1-3-12(4-2-11)18-9-13(16)14-10-5-7-17-8-6-10/h1-4,10,15H,5-9H2,(H,14,16). The predicted molar refractivity (Wildman–Crippen MR) is 70.8 cm³/mol. The van der Waals surface area contributed by atoms with Crippen LogP contribution in [0.15, 0.2) is 29.2 Å². The summed E-state index contributed by atoms with van der Waals surface area (Å²) in [5.41, 5.74) is 0. The smallest absolute Gasteiger partial charge is 0.230 e. The van der Waals surface area contributed by atoms with Gasteiger partial charge in [0.25, 0.3) is 0 Å². The number of hydrogen-bond donors (Lipinski definition) is 2. The first-order valence-electron chi connectivity index (χ1n) is 6.03. The van der Waals surface area contributed by atoms with Gasteiger partial charge in [-0.15, -0.1) is 11.8 Å². The summed E-state index contributed by atoms with van der Waals surface area (Å²) in [5, 5.41) is 12.2. The van der Waals surface area contributed by atoms with Crippen molar-refractivity contribution in [1.29, 1.82) is 0 Å². The van der Waals surface area contributed by atoms with Gasteiger partial charge in [-0.3, -0.25) is 4.79 Å². The Hall–Kier alpha value is -1.20. The van der Waals surface area contributed by atoms with Crippen molar-refractivity contribution in [3.63, 3.8) is 0 Å². The molecular weight excluding hydrogens is 250 g/mol. The molecule has 1 heterocycles. The molecule has 0 radical (unpaired) electrons. The second-order valence-electron chi connectivity index (χ2n) is 4.24. The molecule has 0 aromatic heterocycles. The Morgan fingerprint density at radius 3 is 2.67 bits per heavy atom. The van der Waals surface area contributed by atoms with Gasteiger partial charge in [0.05, 0.1) is 5.75 Å². The zero-order chi connectivity index (χ0) is 12.8. The highest BCUT2D eigenvalue weighted by Gasteiger charge is 2.15. The van der Waals surface area contributed by atoms with Crippen molar-refractivity contribution in [2.75, 3.05) is 19.0 Å². The van der Waals surface area contributed by atoms with E-state index >= 15 is 0 Å². The molecule has 18 heavy (non-hydrogen) atoms. The van der Waals surface area contributed by atoms with E-state index in [1.807, 2.05) is 12.1 Å². The first kappa shape index (κ1) is 13.2. The highest BCUT2D eigenvalue weighted by Crippen LogP contribution is 2.20. The number of rotatable bonds is 4. The van der Waals surface area contributed by atoms with Crippen molar-refractivity contribution in [3.8, 4) is 5.75 Å². The fraction of sp³-hybridized carbons (Fsp3) is 0.462. The zero-order valence-corrected chi connectivity index (χ0v) is 10.9. The maximum Gasteiger partial charge on any atom is 0.230 e. The van der Waals surface area contributed by atoms with E-state index in [0.29, 0.717) is 5.75 Å². The topological polar surface area (TPSA) is 58.6 Å². The van der Waals surface area contributed by atoms with Crippen LogP contribution in [-0.4, -0.2) is 36.0 Å². The SMILES string of the molecule is O=C(CSc1ccc(O)cc1)NC1CCOCC1. The minimum Gasteiger partial charge on any atom is -0.508 e. The molecule has 1 saturated heterocycles. The number of amides is 1. The number of hydrogen-bond acceptors (Lipinski definition) is 4. The molecule has 2 rings (SSSR count). The van der Waals surface area contributed by atoms with Gasteiger partial charge in [0, 0.05) is 24.2 Å². The minimum absolute atomic E-state index is 0.0555. The van der Waals surface area contributed by atoms with Crippen LogP contribution >= 0.6 is 11.8 Å². The number of ether oxygens (including phenoxy) is 1. The van der Waals surface area contributed by atoms with Gasteiger partial charge < -0.3 is 15.2 Å². The number of benzene rings is 1. The second kappa shape index (κ2) is 6.66. The molecule has 1 fully saturated rings. The van der Waals surface area contributed by atoms with Gasteiger partial charge in [-0.25, -0.2) is 0 Å². The Kier molecular flexibility index (Phi) is 4.90. The predicted octanol–water partition coefficient (Wildman–Crippen LogP) is 1.78. The Balaban J connectivity index is 1.72. The monoisotopic (exact) mass is 267 g/mol. The fourth-order valence-corrected chi connectivity index (χ4v) is 2.51. The summed E-state index contributed by atoms with van der Waals surface area (Å²) in [7, 11) is 0. The van der Waals surface area contributed by atoms with Crippen molar-refractivity contribution < 1.29 is 14.6 Å². The summed E-state index contributed by atoms with van der Waals surface area (Å²) in [5.74, 6) is 0.702. The maximum atomic E-state index is 11.7. The summed E-state index contributed by atoms with van der Waals surface area (Å²) in [6, 6.07) is 7.12. The molecule has 1 amide bonds. The fourth-order valence-electron chi connectivity index (χ4n) is 1.80. The van der Waals surface area contributed by atoms with Gasteiger partial charge in [0.2, 0.25) is 5.91 Å². The van der Waals surface area contributed by atoms with Gasteiger partial charge in [-0.2, -0.15) is 0 Å². The lowest BCUT2D eigenvalue weighted by molar-refractivity contribution is -0.119. The Morgan fingerprint density at radius 2 is 2.00 bits per heavy atom. The van der Waals surface area contributed by atoms with Crippen LogP contribution in [0.1, 0.15) is 12.8 Å². The van der Waals surface area contributed by atoms with Crippen LogP contribution in [0.2, 0.25) is 0 Å². The van der Waals surface area contributed by atoms with Crippen molar-refractivity contribution >= 4 is 17.7 Å².